The molecule has 2 rings (SSSR count). The lowest BCUT2D eigenvalue weighted by Crippen LogP contribution is -2.32. The van der Waals surface area contributed by atoms with E-state index in [1.54, 1.807) is 0 Å². The molecule has 1 unspecified atom stereocenters. The van der Waals surface area contributed by atoms with Gasteiger partial charge in [0, 0.05) is 10.9 Å². The topological polar surface area (TPSA) is 72.5 Å². The highest BCUT2D eigenvalue weighted by Crippen LogP contribution is 2.29. The maximum atomic E-state index is 10.8. The smallest absolute Gasteiger partial charge is 0.320 e. The Morgan fingerprint density at radius 1 is 1.53 bits per heavy atom. The number of ether oxygens (including phenoxy) is 1. The van der Waals surface area contributed by atoms with Crippen molar-refractivity contribution in [2.45, 2.75) is 31.7 Å². The number of halogens is 1. The summed E-state index contributed by atoms with van der Waals surface area (Å²) in [5.74, 6) is 0.390. The van der Waals surface area contributed by atoms with Crippen molar-refractivity contribution in [1.29, 1.82) is 0 Å². The molecular weight excluding hydrogens is 310 g/mol. The third-order valence-electron chi connectivity index (χ3n) is 3.48. The summed E-state index contributed by atoms with van der Waals surface area (Å²) in [6, 6.07) is 4.73. The van der Waals surface area contributed by atoms with Gasteiger partial charge in [0.05, 0.1) is 6.61 Å². The molecule has 0 heterocycles. The minimum Gasteiger partial charge on any atom is -0.493 e. The lowest BCUT2D eigenvalue weighted by Gasteiger charge is -2.26. The van der Waals surface area contributed by atoms with Gasteiger partial charge in [0.25, 0.3) is 0 Å². The summed E-state index contributed by atoms with van der Waals surface area (Å²) in [6.07, 6.45) is 4.00. The Labute approximate surface area is 121 Å². The van der Waals surface area contributed by atoms with E-state index < -0.39 is 12.0 Å². The first kappa shape index (κ1) is 14.3. The summed E-state index contributed by atoms with van der Waals surface area (Å²) in [5, 5.41) is 8.89. The molecule has 0 bridgehead atoms. The van der Waals surface area contributed by atoms with Crippen LogP contribution in [-0.2, 0) is 11.2 Å². The first-order valence-electron chi connectivity index (χ1n) is 6.46. The quantitative estimate of drug-likeness (QED) is 0.842. The Morgan fingerprint density at radius 2 is 2.26 bits per heavy atom. The molecule has 0 radical (unpaired) electrons. The SMILES string of the molecule is NC(Cc1cc(Br)ccc1OCC1CCC1)C(=O)O. The number of carbonyl (C=O) groups is 1. The van der Waals surface area contributed by atoms with E-state index in [1.165, 1.54) is 19.3 Å². The Bertz CT molecular complexity index is 460. The van der Waals surface area contributed by atoms with Crippen LogP contribution in [0.4, 0.5) is 0 Å². The number of rotatable bonds is 6. The Balaban J connectivity index is 2.05. The zero-order valence-electron chi connectivity index (χ0n) is 10.6. The predicted octanol–water partition coefficient (Wildman–Crippen LogP) is 2.58. The second kappa shape index (κ2) is 6.39. The van der Waals surface area contributed by atoms with E-state index >= 15 is 0 Å². The van der Waals surface area contributed by atoms with Crippen LogP contribution in [0.5, 0.6) is 5.75 Å². The average molecular weight is 328 g/mol. The van der Waals surface area contributed by atoms with E-state index in [2.05, 4.69) is 15.9 Å². The number of carboxylic acid groups (broad SMARTS) is 1. The van der Waals surface area contributed by atoms with Crippen LogP contribution in [0.1, 0.15) is 24.8 Å². The van der Waals surface area contributed by atoms with Crippen molar-refractivity contribution in [3.05, 3.63) is 28.2 Å². The van der Waals surface area contributed by atoms with Crippen LogP contribution in [0.15, 0.2) is 22.7 Å². The van der Waals surface area contributed by atoms with Crippen LogP contribution >= 0.6 is 15.9 Å². The number of nitrogens with two attached hydrogens (primary N) is 1. The molecule has 5 heteroatoms. The molecule has 1 aliphatic carbocycles. The minimum absolute atomic E-state index is 0.273. The fourth-order valence-corrected chi connectivity index (χ4v) is 2.45. The van der Waals surface area contributed by atoms with E-state index in [4.69, 9.17) is 15.6 Å². The van der Waals surface area contributed by atoms with Crippen molar-refractivity contribution >= 4 is 21.9 Å². The standard InChI is InChI=1S/C14H18BrNO3/c15-11-4-5-13(19-8-9-2-1-3-9)10(6-11)7-12(16)14(17)18/h4-6,9,12H,1-3,7-8,16H2,(H,17,18). The van der Waals surface area contributed by atoms with Gasteiger partial charge in [-0.3, -0.25) is 4.79 Å². The molecule has 0 saturated heterocycles. The van der Waals surface area contributed by atoms with E-state index in [0.717, 1.165) is 15.8 Å². The third-order valence-corrected chi connectivity index (χ3v) is 3.97. The second-order valence-electron chi connectivity index (χ2n) is 5.01. The van der Waals surface area contributed by atoms with Crippen LogP contribution in [0.2, 0.25) is 0 Å². The highest BCUT2D eigenvalue weighted by molar-refractivity contribution is 9.10. The maximum Gasteiger partial charge on any atom is 0.320 e. The fourth-order valence-electron chi connectivity index (χ4n) is 2.04. The van der Waals surface area contributed by atoms with Gasteiger partial charge in [-0.05, 0) is 42.5 Å². The first-order valence-corrected chi connectivity index (χ1v) is 7.25. The number of hydrogen-bond acceptors (Lipinski definition) is 3. The van der Waals surface area contributed by atoms with Gasteiger partial charge >= 0.3 is 5.97 Å². The molecule has 0 aromatic heterocycles. The highest BCUT2D eigenvalue weighted by Gasteiger charge is 2.20. The van der Waals surface area contributed by atoms with E-state index in [9.17, 15) is 4.79 Å². The van der Waals surface area contributed by atoms with Crippen LogP contribution in [0, 0.1) is 5.92 Å². The summed E-state index contributed by atoms with van der Waals surface area (Å²) in [4.78, 5) is 10.8. The third kappa shape index (κ3) is 3.94. The monoisotopic (exact) mass is 327 g/mol. The van der Waals surface area contributed by atoms with Gasteiger partial charge in [-0.25, -0.2) is 0 Å². The van der Waals surface area contributed by atoms with Crippen LogP contribution < -0.4 is 10.5 Å². The summed E-state index contributed by atoms with van der Waals surface area (Å²) in [6.45, 7) is 0.705. The largest absolute Gasteiger partial charge is 0.493 e. The molecule has 0 aliphatic heterocycles. The number of benzene rings is 1. The molecular formula is C14H18BrNO3. The number of carboxylic acids is 1. The van der Waals surface area contributed by atoms with E-state index in [-0.39, 0.29) is 6.42 Å². The van der Waals surface area contributed by atoms with Crippen molar-refractivity contribution in [1.82, 2.24) is 0 Å². The molecule has 104 valence electrons. The summed E-state index contributed by atoms with van der Waals surface area (Å²) in [5.41, 5.74) is 6.43. The van der Waals surface area contributed by atoms with Gasteiger partial charge in [0.2, 0.25) is 0 Å². The van der Waals surface area contributed by atoms with Gasteiger partial charge in [-0.1, -0.05) is 22.4 Å². The Morgan fingerprint density at radius 3 is 2.84 bits per heavy atom. The van der Waals surface area contributed by atoms with Crippen molar-refractivity contribution in [2.24, 2.45) is 11.7 Å². The second-order valence-corrected chi connectivity index (χ2v) is 5.92. The normalized spacial score (nSPS) is 16.7. The zero-order valence-corrected chi connectivity index (χ0v) is 12.2. The molecule has 19 heavy (non-hydrogen) atoms. The summed E-state index contributed by atoms with van der Waals surface area (Å²) >= 11 is 3.38. The Hall–Kier alpha value is -1.07. The van der Waals surface area contributed by atoms with Gasteiger partial charge in [-0.15, -0.1) is 0 Å². The molecule has 1 saturated carbocycles. The van der Waals surface area contributed by atoms with Gasteiger partial charge in [-0.2, -0.15) is 0 Å². The molecule has 1 fully saturated rings. The van der Waals surface area contributed by atoms with Gasteiger partial charge in [0.1, 0.15) is 11.8 Å². The van der Waals surface area contributed by atoms with E-state index in [0.29, 0.717) is 12.5 Å². The molecule has 1 aromatic rings. The average Bonchev–Trinajstić information content (AvgIpc) is 2.29. The fraction of sp³-hybridized carbons (Fsp3) is 0.500. The van der Waals surface area contributed by atoms with Gasteiger partial charge < -0.3 is 15.6 Å². The number of aliphatic carboxylic acids is 1. The van der Waals surface area contributed by atoms with Crippen molar-refractivity contribution in [2.75, 3.05) is 6.61 Å². The molecule has 1 aliphatic rings. The summed E-state index contributed by atoms with van der Waals surface area (Å²) < 4.78 is 6.71. The lowest BCUT2D eigenvalue weighted by atomic mass is 9.86. The molecule has 1 atom stereocenters. The molecule has 4 nitrogen and oxygen atoms in total. The first-order chi connectivity index (χ1) is 9.06. The zero-order chi connectivity index (χ0) is 13.8. The Kier molecular flexibility index (Phi) is 4.82. The maximum absolute atomic E-state index is 10.8. The van der Waals surface area contributed by atoms with Crippen molar-refractivity contribution in [3.8, 4) is 5.75 Å². The van der Waals surface area contributed by atoms with Crippen molar-refractivity contribution in [3.63, 3.8) is 0 Å². The summed E-state index contributed by atoms with van der Waals surface area (Å²) in [7, 11) is 0. The van der Waals surface area contributed by atoms with Crippen LogP contribution in [-0.4, -0.2) is 23.7 Å². The minimum atomic E-state index is -0.995. The highest BCUT2D eigenvalue weighted by atomic mass is 79.9. The molecule has 0 spiro atoms. The predicted molar refractivity (Wildman–Crippen MR) is 76.3 cm³/mol. The molecule has 1 aromatic carbocycles. The number of hydrogen-bond donors (Lipinski definition) is 2. The van der Waals surface area contributed by atoms with Gasteiger partial charge in [0.15, 0.2) is 0 Å². The van der Waals surface area contributed by atoms with Crippen LogP contribution in [0.25, 0.3) is 0 Å². The van der Waals surface area contributed by atoms with Crippen LogP contribution in [0.3, 0.4) is 0 Å². The van der Waals surface area contributed by atoms with E-state index in [1.807, 2.05) is 18.2 Å². The molecule has 0 amide bonds. The van der Waals surface area contributed by atoms with Crippen molar-refractivity contribution < 1.29 is 14.6 Å². The molecule has 3 N–H and O–H groups in total. The lowest BCUT2D eigenvalue weighted by molar-refractivity contribution is -0.138.